The van der Waals surface area contributed by atoms with Crippen molar-refractivity contribution >= 4 is 23.9 Å². The monoisotopic (exact) mass is 361 g/mol. The number of anilines is 1. The maximum atomic E-state index is 12.2. The first kappa shape index (κ1) is 17.5. The maximum absolute atomic E-state index is 12.2. The number of hydrogen-bond donors (Lipinski definition) is 3. The lowest BCUT2D eigenvalue weighted by molar-refractivity contribution is 0.209. The van der Waals surface area contributed by atoms with Crippen molar-refractivity contribution in [2.24, 2.45) is 7.05 Å². The molecule has 3 N–H and O–H groups in total. The van der Waals surface area contributed by atoms with Gasteiger partial charge in [-0.25, -0.2) is 4.79 Å². The van der Waals surface area contributed by atoms with Crippen LogP contribution in [0.5, 0.6) is 5.75 Å². The van der Waals surface area contributed by atoms with Gasteiger partial charge in [-0.05, 0) is 57.0 Å². The van der Waals surface area contributed by atoms with Crippen LogP contribution in [-0.2, 0) is 13.6 Å². The predicted octanol–water partition coefficient (Wildman–Crippen LogP) is 3.43. The van der Waals surface area contributed by atoms with Crippen LogP contribution in [0.3, 0.4) is 0 Å². The number of hydrogen-bond acceptors (Lipinski definition) is 4. The number of carbonyl (C=O) groups excluding carboxylic acids is 1. The Morgan fingerprint density at radius 2 is 2.20 bits per heavy atom. The first-order chi connectivity index (χ1) is 12.0. The molecule has 1 aliphatic rings. The zero-order chi connectivity index (χ0) is 17.8. The molecule has 134 valence electrons. The molecule has 0 saturated heterocycles. The van der Waals surface area contributed by atoms with E-state index in [1.54, 1.807) is 11.6 Å². The smallest absolute Gasteiger partial charge is 0.319 e. The van der Waals surface area contributed by atoms with E-state index in [1.807, 2.05) is 25.1 Å². The number of nitrogens with zero attached hydrogens (tertiary/aromatic N) is 2. The molecule has 2 aromatic rings. The van der Waals surface area contributed by atoms with E-state index in [1.165, 1.54) is 12.8 Å². The summed E-state index contributed by atoms with van der Waals surface area (Å²) in [5.41, 5.74) is 1.67. The van der Waals surface area contributed by atoms with Crippen molar-refractivity contribution in [1.29, 1.82) is 0 Å². The van der Waals surface area contributed by atoms with E-state index in [-0.39, 0.29) is 18.7 Å². The lowest BCUT2D eigenvalue weighted by atomic mass is 10.1. The number of benzene rings is 1. The van der Waals surface area contributed by atoms with Crippen molar-refractivity contribution in [2.45, 2.75) is 45.3 Å². The quantitative estimate of drug-likeness (QED) is 0.713. The van der Waals surface area contributed by atoms with E-state index >= 15 is 0 Å². The number of aromatic amines is 1. The van der Waals surface area contributed by atoms with Gasteiger partial charge in [0.25, 0.3) is 0 Å². The fraction of sp³-hybridized carbons (Fsp3) is 0.471. The summed E-state index contributed by atoms with van der Waals surface area (Å²) in [5.74, 6) is 1.49. The van der Waals surface area contributed by atoms with Crippen molar-refractivity contribution in [3.63, 3.8) is 0 Å². The van der Waals surface area contributed by atoms with E-state index in [4.69, 9.17) is 17.0 Å². The summed E-state index contributed by atoms with van der Waals surface area (Å²) < 4.78 is 8.31. The predicted molar refractivity (Wildman–Crippen MR) is 98.3 cm³/mol. The van der Waals surface area contributed by atoms with Crippen molar-refractivity contribution in [3.05, 3.63) is 34.4 Å². The van der Waals surface area contributed by atoms with Crippen LogP contribution in [0.25, 0.3) is 0 Å². The Morgan fingerprint density at radius 3 is 2.88 bits per heavy atom. The van der Waals surface area contributed by atoms with Crippen LogP contribution in [0.2, 0.25) is 0 Å². The van der Waals surface area contributed by atoms with Gasteiger partial charge in [0.05, 0.1) is 12.6 Å². The topological polar surface area (TPSA) is 84.0 Å². The van der Waals surface area contributed by atoms with Crippen LogP contribution in [0, 0.1) is 11.7 Å². The fourth-order valence-corrected chi connectivity index (χ4v) is 3.08. The number of aromatic nitrogens is 3. The van der Waals surface area contributed by atoms with Crippen molar-refractivity contribution in [1.82, 2.24) is 20.1 Å². The Bertz CT molecular complexity index is 808. The second-order valence-electron chi connectivity index (χ2n) is 6.26. The molecule has 0 bridgehead atoms. The number of ether oxygens (including phenoxy) is 1. The highest BCUT2D eigenvalue weighted by molar-refractivity contribution is 7.71. The molecule has 2 amide bonds. The van der Waals surface area contributed by atoms with Crippen LogP contribution in [0.1, 0.15) is 37.1 Å². The summed E-state index contributed by atoms with van der Waals surface area (Å²) in [4.78, 5) is 12.2. The van der Waals surface area contributed by atoms with Gasteiger partial charge >= 0.3 is 6.03 Å². The Balaban J connectivity index is 1.60. The summed E-state index contributed by atoms with van der Waals surface area (Å²) in [5, 5.41) is 12.4. The highest BCUT2D eigenvalue weighted by Crippen LogP contribution is 2.30. The van der Waals surface area contributed by atoms with Gasteiger partial charge in [-0.3, -0.25) is 5.10 Å². The van der Waals surface area contributed by atoms with Crippen LogP contribution >= 0.6 is 12.2 Å². The van der Waals surface area contributed by atoms with Gasteiger partial charge in [0.2, 0.25) is 0 Å². The normalized spacial score (nSPS) is 14.5. The van der Waals surface area contributed by atoms with Crippen molar-refractivity contribution < 1.29 is 9.53 Å². The Labute approximate surface area is 151 Å². The first-order valence-corrected chi connectivity index (χ1v) is 8.87. The number of H-pyrrole nitrogens is 1. The average molecular weight is 361 g/mol. The number of nitrogens with one attached hydrogen (secondary N) is 3. The van der Waals surface area contributed by atoms with Crippen molar-refractivity contribution in [3.8, 4) is 5.75 Å². The number of rotatable bonds is 5. The molecule has 25 heavy (non-hydrogen) atoms. The minimum Gasteiger partial charge on any atom is -0.490 e. The third-order valence-electron chi connectivity index (χ3n) is 4.51. The van der Waals surface area contributed by atoms with Gasteiger partial charge in [-0.1, -0.05) is 6.07 Å². The van der Waals surface area contributed by atoms with Crippen LogP contribution in [-0.4, -0.2) is 26.9 Å². The largest absolute Gasteiger partial charge is 0.490 e. The highest BCUT2D eigenvalue weighted by Gasteiger charge is 2.18. The average Bonchev–Trinajstić information content (AvgIpc) is 3.21. The van der Waals surface area contributed by atoms with Gasteiger partial charge < -0.3 is 19.9 Å². The second kappa shape index (κ2) is 7.69. The molecule has 1 fully saturated rings. The molecule has 0 unspecified atom stereocenters. The lowest BCUT2D eigenvalue weighted by Crippen LogP contribution is -2.29. The molecule has 1 heterocycles. The van der Waals surface area contributed by atoms with Crippen molar-refractivity contribution in [2.75, 3.05) is 5.32 Å². The van der Waals surface area contributed by atoms with E-state index in [0.29, 0.717) is 10.6 Å². The molecule has 1 saturated carbocycles. The Kier molecular flexibility index (Phi) is 5.37. The Morgan fingerprint density at radius 1 is 1.44 bits per heavy atom. The minimum absolute atomic E-state index is 0.285. The Hall–Kier alpha value is -2.35. The maximum Gasteiger partial charge on any atom is 0.319 e. The number of urea groups is 1. The fourth-order valence-electron chi connectivity index (χ4n) is 2.93. The summed E-state index contributed by atoms with van der Waals surface area (Å²) in [6, 6.07) is 5.41. The SMILES string of the molecule is Cc1c(NC(=O)NCc2n[nH]c(=S)n2C)cccc1OC1CCCC1. The van der Waals surface area contributed by atoms with Gasteiger partial charge in [-0.15, -0.1) is 0 Å². The first-order valence-electron chi connectivity index (χ1n) is 8.46. The molecule has 1 aliphatic carbocycles. The molecule has 0 aliphatic heterocycles. The molecule has 1 aromatic heterocycles. The van der Waals surface area contributed by atoms with E-state index in [0.717, 1.165) is 29.8 Å². The van der Waals surface area contributed by atoms with Gasteiger partial charge in [0.1, 0.15) is 5.75 Å². The van der Waals surface area contributed by atoms with Crippen LogP contribution < -0.4 is 15.4 Å². The van der Waals surface area contributed by atoms with E-state index in [9.17, 15) is 4.79 Å². The number of amides is 2. The molecule has 3 rings (SSSR count). The van der Waals surface area contributed by atoms with Crippen LogP contribution in [0.15, 0.2) is 18.2 Å². The third-order valence-corrected chi connectivity index (χ3v) is 4.87. The van der Waals surface area contributed by atoms with E-state index in [2.05, 4.69) is 20.8 Å². The van der Waals surface area contributed by atoms with Crippen LogP contribution in [0.4, 0.5) is 10.5 Å². The molecule has 8 heteroatoms. The molecule has 0 radical (unpaired) electrons. The number of carbonyl (C=O) groups is 1. The molecule has 1 aromatic carbocycles. The van der Waals surface area contributed by atoms with Gasteiger partial charge in [0, 0.05) is 18.3 Å². The summed E-state index contributed by atoms with van der Waals surface area (Å²) in [6.07, 6.45) is 4.93. The molecule has 7 nitrogen and oxygen atoms in total. The van der Waals surface area contributed by atoms with Gasteiger partial charge in [-0.2, -0.15) is 5.10 Å². The summed E-state index contributed by atoms with van der Waals surface area (Å²) in [7, 11) is 1.80. The summed E-state index contributed by atoms with van der Waals surface area (Å²) in [6.45, 7) is 2.24. The second-order valence-corrected chi connectivity index (χ2v) is 6.65. The summed E-state index contributed by atoms with van der Waals surface area (Å²) >= 11 is 5.05. The van der Waals surface area contributed by atoms with Gasteiger partial charge in [0.15, 0.2) is 10.6 Å². The third kappa shape index (κ3) is 4.19. The standard InChI is InChI=1S/C17H23N5O2S/c1-11-13(8-5-9-14(11)24-12-6-3-4-7-12)19-16(23)18-10-15-20-21-17(25)22(15)2/h5,8-9,12H,3-4,6-7,10H2,1-2H3,(H,21,25)(H2,18,19,23). The zero-order valence-electron chi connectivity index (χ0n) is 14.5. The molecule has 0 spiro atoms. The zero-order valence-corrected chi connectivity index (χ0v) is 15.3. The van der Waals surface area contributed by atoms with E-state index < -0.39 is 0 Å². The highest BCUT2D eigenvalue weighted by atomic mass is 32.1. The molecule has 0 atom stereocenters. The molecular formula is C17H23N5O2S. The lowest BCUT2D eigenvalue weighted by Gasteiger charge is -2.17. The molecular weight excluding hydrogens is 338 g/mol. The minimum atomic E-state index is -0.296.